The van der Waals surface area contributed by atoms with Gasteiger partial charge in [-0.15, -0.1) is 0 Å². The van der Waals surface area contributed by atoms with Gasteiger partial charge in [0.15, 0.2) is 0 Å². The van der Waals surface area contributed by atoms with E-state index >= 15 is 0 Å². The summed E-state index contributed by atoms with van der Waals surface area (Å²) < 4.78 is 51.7. The van der Waals surface area contributed by atoms with Gasteiger partial charge in [0.2, 0.25) is 0 Å². The van der Waals surface area contributed by atoms with Gasteiger partial charge in [0.25, 0.3) is 0 Å². The van der Waals surface area contributed by atoms with E-state index in [1.54, 1.807) is 6.07 Å². The van der Waals surface area contributed by atoms with Crippen LogP contribution in [0.2, 0.25) is 0 Å². The first-order chi connectivity index (χ1) is 10.5. The molecule has 1 aromatic carbocycles. The molecule has 2 rings (SSSR count). The molecule has 1 aromatic rings. The first-order valence-electron chi connectivity index (χ1n) is 7.70. The Labute approximate surface area is 128 Å². The zero-order valence-corrected chi connectivity index (χ0v) is 12.5. The smallest absolute Gasteiger partial charge is 0.312 e. The zero-order chi connectivity index (χ0) is 16.0. The highest BCUT2D eigenvalue weighted by molar-refractivity contribution is 5.25. The summed E-state index contributed by atoms with van der Waals surface area (Å²) in [7, 11) is 0. The number of benzene rings is 1. The molecular formula is C17H21F4N. The minimum atomic E-state index is -4.33. The predicted molar refractivity (Wildman–Crippen MR) is 79.0 cm³/mol. The van der Waals surface area contributed by atoms with Gasteiger partial charge in [-0.3, -0.25) is 0 Å². The van der Waals surface area contributed by atoms with Crippen LogP contribution in [0.4, 0.5) is 17.6 Å². The van der Waals surface area contributed by atoms with Crippen molar-refractivity contribution in [1.82, 2.24) is 5.32 Å². The van der Waals surface area contributed by atoms with Crippen molar-refractivity contribution in [2.45, 2.75) is 51.2 Å². The van der Waals surface area contributed by atoms with E-state index in [4.69, 9.17) is 0 Å². The lowest BCUT2D eigenvalue weighted by molar-refractivity contribution is -0.137. The molecule has 1 N–H and O–H groups in total. The van der Waals surface area contributed by atoms with Crippen molar-refractivity contribution in [2.24, 2.45) is 0 Å². The van der Waals surface area contributed by atoms with Crippen LogP contribution in [-0.4, -0.2) is 6.54 Å². The average molecular weight is 315 g/mol. The largest absolute Gasteiger partial charge is 0.416 e. The summed E-state index contributed by atoms with van der Waals surface area (Å²) in [4.78, 5) is 0. The van der Waals surface area contributed by atoms with E-state index in [2.05, 4.69) is 5.32 Å². The molecule has 0 amide bonds. The molecular weight excluding hydrogens is 294 g/mol. The van der Waals surface area contributed by atoms with Crippen LogP contribution in [0.15, 0.2) is 35.7 Å². The minimum Gasteiger partial charge on any atom is -0.312 e. The highest BCUT2D eigenvalue weighted by Crippen LogP contribution is 2.29. The van der Waals surface area contributed by atoms with Crippen molar-refractivity contribution in [3.63, 3.8) is 0 Å². The van der Waals surface area contributed by atoms with E-state index in [1.165, 1.54) is 12.5 Å². The Morgan fingerprint density at radius 1 is 1.09 bits per heavy atom. The third-order valence-electron chi connectivity index (χ3n) is 3.95. The Hall–Kier alpha value is -1.36. The molecule has 5 heteroatoms. The Morgan fingerprint density at radius 2 is 1.82 bits per heavy atom. The zero-order valence-electron chi connectivity index (χ0n) is 12.5. The van der Waals surface area contributed by atoms with Crippen molar-refractivity contribution in [3.05, 3.63) is 46.8 Å². The van der Waals surface area contributed by atoms with Gasteiger partial charge in [-0.25, -0.2) is 4.39 Å². The van der Waals surface area contributed by atoms with Gasteiger partial charge in [-0.2, -0.15) is 13.2 Å². The van der Waals surface area contributed by atoms with Gasteiger partial charge >= 0.3 is 6.18 Å². The van der Waals surface area contributed by atoms with Gasteiger partial charge in [0.1, 0.15) is 5.83 Å². The van der Waals surface area contributed by atoms with Crippen LogP contribution >= 0.6 is 0 Å². The second-order valence-corrected chi connectivity index (χ2v) is 5.69. The number of alkyl halides is 3. The fourth-order valence-electron chi connectivity index (χ4n) is 2.72. The first-order valence-corrected chi connectivity index (χ1v) is 7.70. The Morgan fingerprint density at radius 3 is 2.50 bits per heavy atom. The molecule has 1 fully saturated rings. The van der Waals surface area contributed by atoms with Crippen molar-refractivity contribution < 1.29 is 17.6 Å². The van der Waals surface area contributed by atoms with Crippen LogP contribution in [0, 0.1) is 0 Å². The van der Waals surface area contributed by atoms with Crippen LogP contribution in [0.5, 0.6) is 0 Å². The second kappa shape index (κ2) is 7.77. The van der Waals surface area contributed by atoms with E-state index in [0.29, 0.717) is 25.1 Å². The Bertz CT molecular complexity index is 512. The van der Waals surface area contributed by atoms with Crippen LogP contribution in [0.3, 0.4) is 0 Å². The number of allylic oxidation sites excluding steroid dienone is 1. The summed E-state index contributed by atoms with van der Waals surface area (Å²) in [5.41, 5.74) is 0.829. The molecule has 1 nitrogen and oxygen atoms in total. The second-order valence-electron chi connectivity index (χ2n) is 5.69. The maximum atomic E-state index is 13.9. The molecule has 1 aliphatic rings. The molecule has 122 valence electrons. The van der Waals surface area contributed by atoms with Crippen LogP contribution in [0.25, 0.3) is 0 Å². The molecule has 1 saturated carbocycles. The normalized spacial score (nSPS) is 15.9. The summed E-state index contributed by atoms with van der Waals surface area (Å²) in [6, 6.07) is 5.21. The number of halogens is 4. The predicted octanol–water partition coefficient (Wildman–Crippen LogP) is 5.37. The molecule has 0 bridgehead atoms. The summed E-state index contributed by atoms with van der Waals surface area (Å²) in [6.07, 6.45) is 0.964. The molecule has 0 saturated heterocycles. The number of rotatable bonds is 5. The lowest BCUT2D eigenvalue weighted by atomic mass is 9.93. The van der Waals surface area contributed by atoms with E-state index in [0.717, 1.165) is 43.4 Å². The van der Waals surface area contributed by atoms with Crippen LogP contribution in [0.1, 0.15) is 49.7 Å². The van der Waals surface area contributed by atoms with Crippen LogP contribution < -0.4 is 5.32 Å². The molecule has 0 aromatic heterocycles. The molecule has 0 radical (unpaired) electrons. The Balaban J connectivity index is 1.79. The van der Waals surface area contributed by atoms with Crippen molar-refractivity contribution in [3.8, 4) is 0 Å². The van der Waals surface area contributed by atoms with Gasteiger partial charge in [-0.1, -0.05) is 24.6 Å². The van der Waals surface area contributed by atoms with E-state index in [-0.39, 0.29) is 5.83 Å². The number of nitrogens with one attached hydrogen (secondary N) is 1. The van der Waals surface area contributed by atoms with Gasteiger partial charge in [0.05, 0.1) is 5.56 Å². The highest BCUT2D eigenvalue weighted by atomic mass is 19.4. The van der Waals surface area contributed by atoms with Crippen LogP contribution in [-0.2, 0) is 12.7 Å². The monoisotopic (exact) mass is 315 g/mol. The summed E-state index contributed by atoms with van der Waals surface area (Å²) in [5, 5.41) is 3.01. The standard InChI is InChI=1S/C17H21F4N/c18-16(14-6-2-1-3-7-14)9-10-22-12-13-5-4-8-15(11-13)17(19,20)21/h4-5,8,11,22H,1-3,6-7,9-10,12H2. The van der Waals surface area contributed by atoms with Crippen molar-refractivity contribution in [1.29, 1.82) is 0 Å². The summed E-state index contributed by atoms with van der Waals surface area (Å²) in [5.74, 6) is -0.0451. The number of hydrogen-bond acceptors (Lipinski definition) is 1. The molecule has 22 heavy (non-hydrogen) atoms. The maximum Gasteiger partial charge on any atom is 0.416 e. The third-order valence-corrected chi connectivity index (χ3v) is 3.95. The molecule has 0 heterocycles. The maximum absolute atomic E-state index is 13.9. The van der Waals surface area contributed by atoms with Crippen molar-refractivity contribution >= 4 is 0 Å². The van der Waals surface area contributed by atoms with Gasteiger partial charge < -0.3 is 5.32 Å². The topological polar surface area (TPSA) is 12.0 Å². The first kappa shape index (κ1) is 17.0. The van der Waals surface area contributed by atoms with E-state index < -0.39 is 11.7 Å². The number of hydrogen-bond donors (Lipinski definition) is 1. The lowest BCUT2D eigenvalue weighted by Crippen LogP contribution is -2.16. The average Bonchev–Trinajstić information content (AvgIpc) is 2.52. The lowest BCUT2D eigenvalue weighted by Gasteiger charge is -2.15. The van der Waals surface area contributed by atoms with Crippen molar-refractivity contribution in [2.75, 3.05) is 6.54 Å². The third kappa shape index (κ3) is 5.13. The quantitative estimate of drug-likeness (QED) is 0.569. The summed E-state index contributed by atoms with van der Waals surface area (Å²) >= 11 is 0. The fourth-order valence-corrected chi connectivity index (χ4v) is 2.72. The fraction of sp³-hybridized carbons (Fsp3) is 0.529. The molecule has 0 atom stereocenters. The molecule has 0 aliphatic heterocycles. The van der Waals surface area contributed by atoms with E-state index in [1.807, 2.05) is 0 Å². The minimum absolute atomic E-state index is 0.0451. The Kier molecular flexibility index (Phi) is 6.00. The summed E-state index contributed by atoms with van der Waals surface area (Å²) in [6.45, 7) is 0.748. The molecule has 0 unspecified atom stereocenters. The molecule has 1 aliphatic carbocycles. The van der Waals surface area contributed by atoms with E-state index in [9.17, 15) is 17.6 Å². The van der Waals surface area contributed by atoms with Gasteiger partial charge in [-0.05, 0) is 42.9 Å². The van der Waals surface area contributed by atoms with Gasteiger partial charge in [0, 0.05) is 19.5 Å². The SMILES string of the molecule is FC(CCNCc1cccc(C(F)(F)F)c1)=C1CCCCC1. The highest BCUT2D eigenvalue weighted by Gasteiger charge is 2.30. The molecule has 0 spiro atoms.